The number of hydrogen-bond donors (Lipinski definition) is 1. The first-order valence-electron chi connectivity index (χ1n) is 11.5. The normalized spacial score (nSPS) is 12.2. The summed E-state index contributed by atoms with van der Waals surface area (Å²) in [5, 5.41) is 3.44. The average molecular weight is 543 g/mol. The molecular formula is C25H33Cl2N3O4S. The lowest BCUT2D eigenvalue weighted by molar-refractivity contribution is -0.140. The highest BCUT2D eigenvalue weighted by Gasteiger charge is 2.27. The van der Waals surface area contributed by atoms with Crippen LogP contribution in [0.15, 0.2) is 42.5 Å². The predicted molar refractivity (Wildman–Crippen MR) is 142 cm³/mol. The molecule has 35 heavy (non-hydrogen) atoms. The zero-order valence-electron chi connectivity index (χ0n) is 20.6. The number of hydrogen-bond acceptors (Lipinski definition) is 4. The Morgan fingerprint density at radius 2 is 1.74 bits per heavy atom. The molecule has 1 atom stereocenters. The molecule has 2 amide bonds. The molecule has 2 aromatic carbocycles. The summed E-state index contributed by atoms with van der Waals surface area (Å²) in [5.41, 5.74) is 2.27. The van der Waals surface area contributed by atoms with Gasteiger partial charge in [0.2, 0.25) is 21.8 Å². The molecule has 192 valence electrons. The van der Waals surface area contributed by atoms with E-state index in [0.717, 1.165) is 28.1 Å². The number of carbonyl (C=O) groups excluding carboxylic acids is 2. The molecule has 0 bridgehead atoms. The van der Waals surface area contributed by atoms with Crippen molar-refractivity contribution in [3.8, 4) is 0 Å². The molecule has 1 unspecified atom stereocenters. The highest BCUT2D eigenvalue weighted by Crippen LogP contribution is 2.31. The first kappa shape index (κ1) is 28.9. The Hall–Kier alpha value is -2.29. The Kier molecular flexibility index (Phi) is 10.9. The van der Waals surface area contributed by atoms with E-state index in [4.69, 9.17) is 23.2 Å². The molecule has 0 aliphatic heterocycles. The van der Waals surface area contributed by atoms with Gasteiger partial charge in [0.1, 0.15) is 6.04 Å². The van der Waals surface area contributed by atoms with Crippen LogP contribution in [0.5, 0.6) is 0 Å². The summed E-state index contributed by atoms with van der Waals surface area (Å²) >= 11 is 12.3. The highest BCUT2D eigenvalue weighted by atomic mass is 35.5. The van der Waals surface area contributed by atoms with E-state index in [1.807, 2.05) is 38.1 Å². The van der Waals surface area contributed by atoms with Gasteiger partial charge in [0, 0.05) is 31.1 Å². The Morgan fingerprint density at radius 1 is 1.09 bits per heavy atom. The van der Waals surface area contributed by atoms with Gasteiger partial charge >= 0.3 is 0 Å². The lowest BCUT2D eigenvalue weighted by Crippen LogP contribution is -2.47. The Labute approximate surface area is 218 Å². The number of rotatable bonds is 12. The molecule has 0 aromatic heterocycles. The van der Waals surface area contributed by atoms with E-state index < -0.39 is 16.1 Å². The smallest absolute Gasteiger partial charge is 0.242 e. The van der Waals surface area contributed by atoms with Crippen LogP contribution in [0.2, 0.25) is 10.0 Å². The fourth-order valence-electron chi connectivity index (χ4n) is 3.53. The number of anilines is 1. The van der Waals surface area contributed by atoms with Gasteiger partial charge in [-0.25, -0.2) is 8.42 Å². The molecule has 0 saturated heterocycles. The molecule has 2 rings (SSSR count). The number of sulfonamides is 1. The summed E-state index contributed by atoms with van der Waals surface area (Å²) < 4.78 is 26.0. The van der Waals surface area contributed by atoms with Gasteiger partial charge in [0.05, 0.1) is 17.0 Å². The first-order valence-corrected chi connectivity index (χ1v) is 14.1. The minimum absolute atomic E-state index is 0.0411. The van der Waals surface area contributed by atoms with Crippen LogP contribution in [0.1, 0.15) is 44.2 Å². The molecule has 0 heterocycles. The number of amides is 2. The average Bonchev–Trinajstić information content (AvgIpc) is 2.80. The fraction of sp³-hybridized carbons (Fsp3) is 0.440. The lowest BCUT2D eigenvalue weighted by atomic mass is 10.1. The third-order valence-corrected chi connectivity index (χ3v) is 7.25. The minimum Gasteiger partial charge on any atom is -0.354 e. The fourth-order valence-corrected chi connectivity index (χ4v) is 4.93. The molecule has 0 spiro atoms. The zero-order chi connectivity index (χ0) is 26.2. The predicted octanol–water partition coefficient (Wildman–Crippen LogP) is 4.79. The maximum atomic E-state index is 13.3. The van der Waals surface area contributed by atoms with Crippen molar-refractivity contribution in [2.45, 2.75) is 52.6 Å². The molecule has 0 aliphatic rings. The first-order chi connectivity index (χ1) is 16.4. The van der Waals surface area contributed by atoms with Crippen LogP contribution in [-0.2, 0) is 26.2 Å². The maximum Gasteiger partial charge on any atom is 0.242 e. The number of aryl methyl sites for hydroxylation is 1. The van der Waals surface area contributed by atoms with Crippen molar-refractivity contribution >= 4 is 50.7 Å². The molecule has 0 saturated carbocycles. The van der Waals surface area contributed by atoms with Crippen LogP contribution in [0.25, 0.3) is 0 Å². The number of nitrogens with one attached hydrogen (secondary N) is 1. The van der Waals surface area contributed by atoms with Gasteiger partial charge in [-0.3, -0.25) is 13.9 Å². The molecule has 2 aromatic rings. The number of halogens is 2. The van der Waals surface area contributed by atoms with Crippen molar-refractivity contribution in [2.24, 2.45) is 0 Å². The highest BCUT2D eigenvalue weighted by molar-refractivity contribution is 7.92. The summed E-state index contributed by atoms with van der Waals surface area (Å²) in [5.74, 6) is -0.467. The van der Waals surface area contributed by atoms with E-state index >= 15 is 0 Å². The zero-order valence-corrected chi connectivity index (χ0v) is 22.9. The Morgan fingerprint density at radius 3 is 2.34 bits per heavy atom. The number of benzene rings is 2. The van der Waals surface area contributed by atoms with E-state index in [0.29, 0.717) is 11.6 Å². The molecular weight excluding hydrogens is 509 g/mol. The van der Waals surface area contributed by atoms with E-state index in [2.05, 4.69) is 5.32 Å². The van der Waals surface area contributed by atoms with Crippen LogP contribution in [-0.4, -0.2) is 50.5 Å². The molecule has 0 aliphatic carbocycles. The second-order valence-corrected chi connectivity index (χ2v) is 11.3. The van der Waals surface area contributed by atoms with Crippen molar-refractivity contribution in [2.75, 3.05) is 23.7 Å². The van der Waals surface area contributed by atoms with E-state index in [9.17, 15) is 18.0 Å². The summed E-state index contributed by atoms with van der Waals surface area (Å²) in [6, 6.07) is 11.7. The maximum absolute atomic E-state index is 13.3. The lowest BCUT2D eigenvalue weighted by Gasteiger charge is -2.29. The molecule has 10 heteroatoms. The molecule has 0 radical (unpaired) electrons. The minimum atomic E-state index is -3.67. The van der Waals surface area contributed by atoms with E-state index in [1.165, 1.54) is 17.0 Å². The monoisotopic (exact) mass is 541 g/mol. The van der Waals surface area contributed by atoms with Crippen molar-refractivity contribution in [3.05, 3.63) is 63.6 Å². The van der Waals surface area contributed by atoms with Crippen molar-refractivity contribution < 1.29 is 18.0 Å². The van der Waals surface area contributed by atoms with Gasteiger partial charge in [-0.1, -0.05) is 60.0 Å². The summed E-state index contributed by atoms with van der Waals surface area (Å²) in [6.45, 7) is 6.48. The van der Waals surface area contributed by atoms with Crippen LogP contribution in [0, 0.1) is 6.92 Å². The standard InChI is InChI=1S/C25H33Cl2N3O4S/c1-5-14-28-25(32)19(3)29(17-20-10-8-18(2)9-11-20)24(31)7-6-15-30(35(4,33)34)23-16-21(26)12-13-22(23)27/h8-13,16,19H,5-7,14-15,17H2,1-4H3,(H,28,32). The quantitative estimate of drug-likeness (QED) is 0.418. The summed E-state index contributed by atoms with van der Waals surface area (Å²) in [6.07, 6.45) is 2.16. The van der Waals surface area contributed by atoms with Crippen molar-refractivity contribution in [1.82, 2.24) is 10.2 Å². The van der Waals surface area contributed by atoms with Gasteiger partial charge < -0.3 is 10.2 Å². The molecule has 0 fully saturated rings. The van der Waals surface area contributed by atoms with Gasteiger partial charge in [0.15, 0.2) is 0 Å². The van der Waals surface area contributed by atoms with Crippen molar-refractivity contribution in [1.29, 1.82) is 0 Å². The number of nitrogens with zero attached hydrogens (tertiary/aromatic N) is 2. The van der Waals surface area contributed by atoms with Crippen LogP contribution < -0.4 is 9.62 Å². The number of carbonyl (C=O) groups is 2. The third-order valence-electron chi connectivity index (χ3n) is 5.52. The van der Waals surface area contributed by atoms with E-state index in [1.54, 1.807) is 13.0 Å². The Balaban J connectivity index is 2.18. The van der Waals surface area contributed by atoms with Crippen molar-refractivity contribution in [3.63, 3.8) is 0 Å². The molecule has 1 N–H and O–H groups in total. The van der Waals surface area contributed by atoms with Crippen LogP contribution in [0.4, 0.5) is 5.69 Å². The van der Waals surface area contributed by atoms with Gasteiger partial charge in [0.25, 0.3) is 0 Å². The van der Waals surface area contributed by atoms with Crippen LogP contribution >= 0.6 is 23.2 Å². The largest absolute Gasteiger partial charge is 0.354 e. The summed E-state index contributed by atoms with van der Waals surface area (Å²) in [7, 11) is -3.67. The second-order valence-electron chi connectivity index (χ2n) is 8.51. The SMILES string of the molecule is CCCNC(=O)C(C)N(Cc1ccc(C)cc1)C(=O)CCCN(c1cc(Cl)ccc1Cl)S(C)(=O)=O. The Bertz CT molecular complexity index is 1120. The molecule has 7 nitrogen and oxygen atoms in total. The van der Waals surface area contributed by atoms with E-state index in [-0.39, 0.29) is 48.5 Å². The van der Waals surface area contributed by atoms with Gasteiger partial charge in [-0.2, -0.15) is 0 Å². The summed E-state index contributed by atoms with van der Waals surface area (Å²) in [4.78, 5) is 27.4. The van der Waals surface area contributed by atoms with Gasteiger partial charge in [-0.05, 0) is 50.5 Å². The third kappa shape index (κ3) is 8.70. The second kappa shape index (κ2) is 13.1. The van der Waals surface area contributed by atoms with Gasteiger partial charge in [-0.15, -0.1) is 0 Å². The topological polar surface area (TPSA) is 86.8 Å². The van der Waals surface area contributed by atoms with Crippen LogP contribution in [0.3, 0.4) is 0 Å².